The number of aliphatic hydroxyl groups is 1. The summed E-state index contributed by atoms with van der Waals surface area (Å²) in [7, 11) is 0. The molecule has 4 atom stereocenters. The van der Waals surface area contributed by atoms with Crippen LogP contribution in [0, 0.1) is 17.8 Å². The molecule has 0 aliphatic carbocycles. The van der Waals surface area contributed by atoms with Gasteiger partial charge in [-0.25, -0.2) is 0 Å². The molecule has 0 aliphatic heterocycles. The van der Waals surface area contributed by atoms with Crippen LogP contribution < -0.4 is 0 Å². The molecule has 0 fully saturated rings. The molecule has 0 radical (unpaired) electrons. The van der Waals surface area contributed by atoms with Gasteiger partial charge in [0.2, 0.25) is 0 Å². The monoisotopic (exact) mass is 200 g/mol. The number of hydrogen-bond donors (Lipinski definition) is 1. The predicted molar refractivity (Wildman–Crippen MR) is 63.3 cm³/mol. The van der Waals surface area contributed by atoms with Crippen molar-refractivity contribution in [2.24, 2.45) is 17.8 Å². The first-order valence-electron chi connectivity index (χ1n) is 6.13. The molecule has 1 nitrogen and oxygen atoms in total. The minimum absolute atomic E-state index is 0.138. The molecule has 0 saturated carbocycles. The summed E-state index contributed by atoms with van der Waals surface area (Å²) >= 11 is 0. The molecular formula is C13H28O. The zero-order valence-electron chi connectivity index (χ0n) is 10.6. The third kappa shape index (κ3) is 7.37. The van der Waals surface area contributed by atoms with Gasteiger partial charge >= 0.3 is 0 Å². The van der Waals surface area contributed by atoms with E-state index in [1.807, 2.05) is 6.92 Å². The van der Waals surface area contributed by atoms with Gasteiger partial charge in [-0.3, -0.25) is 0 Å². The average Bonchev–Trinajstić information content (AvgIpc) is 2.01. The SMILES string of the molecule is CC[C@@H](C)C[C@@H](C)C[C@@H](C)C[C@H](C)O. The molecule has 0 spiro atoms. The Labute approximate surface area is 89.9 Å². The van der Waals surface area contributed by atoms with Crippen LogP contribution in [0.5, 0.6) is 0 Å². The molecule has 0 amide bonds. The molecule has 0 rings (SSSR count). The van der Waals surface area contributed by atoms with Crippen molar-refractivity contribution in [3.8, 4) is 0 Å². The fraction of sp³-hybridized carbons (Fsp3) is 1.00. The Hall–Kier alpha value is -0.0400. The van der Waals surface area contributed by atoms with E-state index < -0.39 is 0 Å². The Morgan fingerprint density at radius 3 is 1.64 bits per heavy atom. The van der Waals surface area contributed by atoms with Crippen LogP contribution in [0.4, 0.5) is 0 Å². The van der Waals surface area contributed by atoms with Gasteiger partial charge in [0.25, 0.3) is 0 Å². The van der Waals surface area contributed by atoms with Crippen LogP contribution in [-0.2, 0) is 0 Å². The van der Waals surface area contributed by atoms with Gasteiger partial charge in [0.05, 0.1) is 6.10 Å². The summed E-state index contributed by atoms with van der Waals surface area (Å²) in [6.07, 6.45) is 4.69. The lowest BCUT2D eigenvalue weighted by Gasteiger charge is -2.20. The molecule has 14 heavy (non-hydrogen) atoms. The Balaban J connectivity index is 3.65. The van der Waals surface area contributed by atoms with Gasteiger partial charge in [0.1, 0.15) is 0 Å². The molecule has 0 unspecified atom stereocenters. The van der Waals surface area contributed by atoms with Crippen LogP contribution >= 0.6 is 0 Å². The summed E-state index contributed by atoms with van der Waals surface area (Å²) in [5, 5.41) is 9.26. The first-order valence-corrected chi connectivity index (χ1v) is 6.13. The standard InChI is InChI=1S/C13H28O/c1-6-10(2)7-11(3)8-12(4)9-13(5)14/h10-14H,6-9H2,1-5H3/t10-,11-,12-,13+/m1/s1. The van der Waals surface area contributed by atoms with E-state index in [0.717, 1.165) is 18.3 Å². The summed E-state index contributed by atoms with van der Waals surface area (Å²) < 4.78 is 0. The van der Waals surface area contributed by atoms with Gasteiger partial charge in [0.15, 0.2) is 0 Å². The molecular weight excluding hydrogens is 172 g/mol. The van der Waals surface area contributed by atoms with Crippen LogP contribution in [0.3, 0.4) is 0 Å². The molecule has 0 aliphatic rings. The smallest absolute Gasteiger partial charge is 0.0514 e. The minimum atomic E-state index is -0.138. The summed E-state index contributed by atoms with van der Waals surface area (Å²) in [5.74, 6) is 2.32. The van der Waals surface area contributed by atoms with Gasteiger partial charge in [-0.2, -0.15) is 0 Å². The minimum Gasteiger partial charge on any atom is -0.393 e. The maximum atomic E-state index is 9.26. The van der Waals surface area contributed by atoms with Gasteiger partial charge in [-0.15, -0.1) is 0 Å². The van der Waals surface area contributed by atoms with Crippen molar-refractivity contribution in [2.45, 2.75) is 66.4 Å². The second kappa shape index (κ2) is 7.28. The lowest BCUT2D eigenvalue weighted by atomic mass is 9.87. The highest BCUT2D eigenvalue weighted by molar-refractivity contribution is 4.64. The zero-order chi connectivity index (χ0) is 11.1. The first kappa shape index (κ1) is 14.0. The van der Waals surface area contributed by atoms with Crippen LogP contribution in [-0.4, -0.2) is 11.2 Å². The Bertz CT molecular complexity index is 131. The molecule has 0 heterocycles. The van der Waals surface area contributed by atoms with Gasteiger partial charge < -0.3 is 5.11 Å². The van der Waals surface area contributed by atoms with E-state index in [-0.39, 0.29) is 6.10 Å². The van der Waals surface area contributed by atoms with E-state index in [9.17, 15) is 5.11 Å². The normalized spacial score (nSPS) is 20.1. The van der Waals surface area contributed by atoms with Crippen LogP contribution in [0.1, 0.15) is 60.3 Å². The van der Waals surface area contributed by atoms with Gasteiger partial charge in [0, 0.05) is 0 Å². The highest BCUT2D eigenvalue weighted by atomic mass is 16.3. The maximum Gasteiger partial charge on any atom is 0.0514 e. The van der Waals surface area contributed by atoms with Crippen molar-refractivity contribution in [3.63, 3.8) is 0 Å². The van der Waals surface area contributed by atoms with Crippen molar-refractivity contribution in [3.05, 3.63) is 0 Å². The first-order chi connectivity index (χ1) is 6.45. The predicted octanol–water partition coefficient (Wildman–Crippen LogP) is 3.86. The van der Waals surface area contributed by atoms with Crippen LogP contribution in [0.15, 0.2) is 0 Å². The molecule has 0 aromatic heterocycles. The maximum absolute atomic E-state index is 9.26. The fourth-order valence-electron chi connectivity index (χ4n) is 2.32. The largest absolute Gasteiger partial charge is 0.393 e. The van der Waals surface area contributed by atoms with E-state index >= 15 is 0 Å². The van der Waals surface area contributed by atoms with E-state index in [0.29, 0.717) is 5.92 Å². The number of aliphatic hydroxyl groups excluding tert-OH is 1. The Kier molecular flexibility index (Phi) is 7.26. The van der Waals surface area contributed by atoms with E-state index in [2.05, 4.69) is 27.7 Å². The fourth-order valence-corrected chi connectivity index (χ4v) is 2.32. The Morgan fingerprint density at radius 1 is 0.786 bits per heavy atom. The molecule has 1 heteroatoms. The van der Waals surface area contributed by atoms with Crippen LogP contribution in [0.25, 0.3) is 0 Å². The van der Waals surface area contributed by atoms with Crippen molar-refractivity contribution in [2.75, 3.05) is 0 Å². The van der Waals surface area contributed by atoms with Gasteiger partial charge in [-0.05, 0) is 43.9 Å². The van der Waals surface area contributed by atoms with Crippen molar-refractivity contribution in [1.82, 2.24) is 0 Å². The molecule has 0 saturated heterocycles. The molecule has 86 valence electrons. The summed E-state index contributed by atoms with van der Waals surface area (Å²) in [5.41, 5.74) is 0. The third-order valence-corrected chi connectivity index (χ3v) is 3.05. The average molecular weight is 200 g/mol. The van der Waals surface area contributed by atoms with Crippen molar-refractivity contribution < 1.29 is 5.11 Å². The van der Waals surface area contributed by atoms with Gasteiger partial charge in [-0.1, -0.05) is 34.1 Å². The summed E-state index contributed by atoms with van der Waals surface area (Å²) in [6, 6.07) is 0. The summed E-state index contributed by atoms with van der Waals surface area (Å²) in [4.78, 5) is 0. The molecule has 1 N–H and O–H groups in total. The third-order valence-electron chi connectivity index (χ3n) is 3.05. The topological polar surface area (TPSA) is 20.2 Å². The second-order valence-corrected chi connectivity index (χ2v) is 5.28. The lowest BCUT2D eigenvalue weighted by molar-refractivity contribution is 0.155. The number of hydrogen-bond acceptors (Lipinski definition) is 1. The quantitative estimate of drug-likeness (QED) is 0.661. The van der Waals surface area contributed by atoms with E-state index in [1.165, 1.54) is 19.3 Å². The highest BCUT2D eigenvalue weighted by Crippen LogP contribution is 2.23. The lowest BCUT2D eigenvalue weighted by Crippen LogP contribution is -2.12. The highest BCUT2D eigenvalue weighted by Gasteiger charge is 2.12. The van der Waals surface area contributed by atoms with E-state index in [4.69, 9.17) is 0 Å². The summed E-state index contributed by atoms with van der Waals surface area (Å²) in [6.45, 7) is 11.1. The molecule has 0 aromatic rings. The molecule has 0 bridgehead atoms. The van der Waals surface area contributed by atoms with E-state index in [1.54, 1.807) is 0 Å². The number of rotatable bonds is 7. The zero-order valence-corrected chi connectivity index (χ0v) is 10.6. The van der Waals surface area contributed by atoms with Crippen molar-refractivity contribution in [1.29, 1.82) is 0 Å². The molecule has 0 aromatic carbocycles. The van der Waals surface area contributed by atoms with Crippen molar-refractivity contribution >= 4 is 0 Å². The second-order valence-electron chi connectivity index (χ2n) is 5.28. The van der Waals surface area contributed by atoms with Crippen LogP contribution in [0.2, 0.25) is 0 Å². The Morgan fingerprint density at radius 2 is 1.21 bits per heavy atom.